The number of nitrogens with one attached hydrogen (secondary N) is 1. The summed E-state index contributed by atoms with van der Waals surface area (Å²) in [5, 5.41) is 3.72. The highest BCUT2D eigenvalue weighted by atomic mass is 35.5. The van der Waals surface area contributed by atoms with E-state index in [1.807, 2.05) is 36.4 Å². The van der Waals surface area contributed by atoms with Gasteiger partial charge in [-0.05, 0) is 12.1 Å². The van der Waals surface area contributed by atoms with Gasteiger partial charge in [0.05, 0.1) is 11.4 Å². The first-order valence-electron chi connectivity index (χ1n) is 5.33. The Hall–Kier alpha value is -1.25. The van der Waals surface area contributed by atoms with E-state index in [-0.39, 0.29) is 0 Å². The molecule has 0 amide bonds. The van der Waals surface area contributed by atoms with Crippen LogP contribution in [-0.4, -0.2) is 17.4 Å². The maximum Gasteiger partial charge on any atom is 0.129 e. The molecule has 0 aliphatic carbocycles. The zero-order valence-corrected chi connectivity index (χ0v) is 10.7. The summed E-state index contributed by atoms with van der Waals surface area (Å²) in [6, 6.07) is 13.6. The van der Waals surface area contributed by atoms with Gasteiger partial charge < -0.3 is 5.32 Å². The molecule has 0 saturated heterocycles. The Morgan fingerprint density at radius 1 is 1.06 bits per heavy atom. The molecule has 2 rings (SSSR count). The van der Waals surface area contributed by atoms with Crippen LogP contribution in [0.25, 0.3) is 11.3 Å². The standard InChI is InChI=1S/C13H12Cl2N2/c14-8-9-16-11-6-7-12(15)17-13(11)10-4-2-1-3-5-10/h1-7,16H,8-9H2. The van der Waals surface area contributed by atoms with E-state index in [0.717, 1.165) is 16.9 Å². The third-order valence-corrected chi connectivity index (χ3v) is 2.72. The maximum atomic E-state index is 5.94. The molecule has 0 aliphatic heterocycles. The van der Waals surface area contributed by atoms with E-state index in [0.29, 0.717) is 17.6 Å². The van der Waals surface area contributed by atoms with E-state index in [1.165, 1.54) is 0 Å². The molecule has 1 N–H and O–H groups in total. The topological polar surface area (TPSA) is 24.9 Å². The van der Waals surface area contributed by atoms with Crippen molar-refractivity contribution in [3.63, 3.8) is 0 Å². The molecular weight excluding hydrogens is 255 g/mol. The minimum Gasteiger partial charge on any atom is -0.382 e. The van der Waals surface area contributed by atoms with Crippen LogP contribution in [0.5, 0.6) is 0 Å². The number of anilines is 1. The molecule has 1 aromatic carbocycles. The molecule has 0 saturated carbocycles. The maximum absolute atomic E-state index is 5.94. The quantitative estimate of drug-likeness (QED) is 0.667. The normalized spacial score (nSPS) is 10.2. The van der Waals surface area contributed by atoms with Gasteiger partial charge >= 0.3 is 0 Å². The average Bonchev–Trinajstić information content (AvgIpc) is 2.38. The van der Waals surface area contributed by atoms with Crippen LogP contribution in [0, 0.1) is 0 Å². The summed E-state index contributed by atoms with van der Waals surface area (Å²) in [5.74, 6) is 0.552. The van der Waals surface area contributed by atoms with Crippen molar-refractivity contribution in [1.29, 1.82) is 0 Å². The fourth-order valence-electron chi connectivity index (χ4n) is 1.58. The zero-order valence-electron chi connectivity index (χ0n) is 9.16. The van der Waals surface area contributed by atoms with Crippen LogP contribution in [0.15, 0.2) is 42.5 Å². The van der Waals surface area contributed by atoms with Crippen LogP contribution >= 0.6 is 23.2 Å². The van der Waals surface area contributed by atoms with Gasteiger partial charge in [0.25, 0.3) is 0 Å². The predicted octanol–water partition coefficient (Wildman–Crippen LogP) is 4.05. The molecule has 0 spiro atoms. The van der Waals surface area contributed by atoms with Gasteiger partial charge in [-0.15, -0.1) is 11.6 Å². The van der Waals surface area contributed by atoms with E-state index in [2.05, 4.69) is 10.3 Å². The lowest BCUT2D eigenvalue weighted by atomic mass is 10.1. The van der Waals surface area contributed by atoms with Crippen molar-refractivity contribution in [2.45, 2.75) is 0 Å². The minimum atomic E-state index is 0.486. The molecule has 0 radical (unpaired) electrons. The molecule has 88 valence electrons. The van der Waals surface area contributed by atoms with Crippen molar-refractivity contribution in [2.75, 3.05) is 17.7 Å². The van der Waals surface area contributed by atoms with Gasteiger partial charge in [0.15, 0.2) is 0 Å². The molecule has 2 aromatic rings. The van der Waals surface area contributed by atoms with Crippen molar-refractivity contribution >= 4 is 28.9 Å². The molecule has 0 unspecified atom stereocenters. The first-order valence-corrected chi connectivity index (χ1v) is 6.24. The Morgan fingerprint density at radius 3 is 2.53 bits per heavy atom. The summed E-state index contributed by atoms with van der Waals surface area (Å²) >= 11 is 11.6. The van der Waals surface area contributed by atoms with Crippen LogP contribution in [-0.2, 0) is 0 Å². The molecular formula is C13H12Cl2N2. The largest absolute Gasteiger partial charge is 0.382 e. The van der Waals surface area contributed by atoms with Crippen molar-refractivity contribution in [3.05, 3.63) is 47.6 Å². The highest BCUT2D eigenvalue weighted by Crippen LogP contribution is 2.27. The number of rotatable bonds is 4. The van der Waals surface area contributed by atoms with Crippen LogP contribution in [0.4, 0.5) is 5.69 Å². The van der Waals surface area contributed by atoms with Gasteiger partial charge in [-0.1, -0.05) is 41.9 Å². The van der Waals surface area contributed by atoms with Gasteiger partial charge in [0.1, 0.15) is 5.15 Å². The Bertz CT molecular complexity index is 486. The van der Waals surface area contributed by atoms with E-state index in [9.17, 15) is 0 Å². The summed E-state index contributed by atoms with van der Waals surface area (Å²) in [4.78, 5) is 4.36. The van der Waals surface area contributed by atoms with E-state index in [1.54, 1.807) is 6.07 Å². The minimum absolute atomic E-state index is 0.486. The molecule has 4 heteroatoms. The van der Waals surface area contributed by atoms with Crippen molar-refractivity contribution in [3.8, 4) is 11.3 Å². The molecule has 2 nitrogen and oxygen atoms in total. The third kappa shape index (κ3) is 3.11. The summed E-state index contributed by atoms with van der Waals surface area (Å²) < 4.78 is 0. The lowest BCUT2D eigenvalue weighted by molar-refractivity contribution is 1.20. The van der Waals surface area contributed by atoms with Gasteiger partial charge in [-0.25, -0.2) is 4.98 Å². The first kappa shape index (κ1) is 12.2. The molecule has 0 aliphatic rings. The Balaban J connectivity index is 2.40. The molecule has 0 bridgehead atoms. The highest BCUT2D eigenvalue weighted by Gasteiger charge is 2.06. The predicted molar refractivity (Wildman–Crippen MR) is 73.9 cm³/mol. The fourth-order valence-corrected chi connectivity index (χ4v) is 1.82. The average molecular weight is 267 g/mol. The summed E-state index contributed by atoms with van der Waals surface area (Å²) in [6.45, 7) is 0.699. The smallest absolute Gasteiger partial charge is 0.129 e. The monoisotopic (exact) mass is 266 g/mol. The number of nitrogens with zero attached hydrogens (tertiary/aromatic N) is 1. The van der Waals surface area contributed by atoms with Crippen molar-refractivity contribution in [2.24, 2.45) is 0 Å². The van der Waals surface area contributed by atoms with Crippen molar-refractivity contribution in [1.82, 2.24) is 4.98 Å². The van der Waals surface area contributed by atoms with Crippen LogP contribution < -0.4 is 5.32 Å². The van der Waals surface area contributed by atoms with Gasteiger partial charge in [-0.2, -0.15) is 0 Å². The lowest BCUT2D eigenvalue weighted by Gasteiger charge is -2.10. The van der Waals surface area contributed by atoms with Crippen LogP contribution in [0.2, 0.25) is 5.15 Å². The lowest BCUT2D eigenvalue weighted by Crippen LogP contribution is -2.04. The number of pyridine rings is 1. The van der Waals surface area contributed by atoms with Crippen LogP contribution in [0.3, 0.4) is 0 Å². The molecule has 1 aromatic heterocycles. The molecule has 1 heterocycles. The number of halogens is 2. The zero-order chi connectivity index (χ0) is 12.1. The number of benzene rings is 1. The summed E-state index contributed by atoms with van der Waals surface area (Å²) in [6.07, 6.45) is 0. The first-order chi connectivity index (χ1) is 8.31. The summed E-state index contributed by atoms with van der Waals surface area (Å²) in [7, 11) is 0. The Kier molecular flexibility index (Phi) is 4.24. The SMILES string of the molecule is ClCCNc1ccc(Cl)nc1-c1ccccc1. The fraction of sp³-hybridized carbons (Fsp3) is 0.154. The summed E-state index contributed by atoms with van der Waals surface area (Å²) in [5.41, 5.74) is 2.83. The molecule has 0 fully saturated rings. The number of hydrogen-bond acceptors (Lipinski definition) is 2. The Morgan fingerprint density at radius 2 is 1.82 bits per heavy atom. The van der Waals surface area contributed by atoms with Gasteiger partial charge in [0, 0.05) is 18.0 Å². The Labute approximate surface area is 111 Å². The number of aromatic nitrogens is 1. The second-order valence-electron chi connectivity index (χ2n) is 3.51. The van der Waals surface area contributed by atoms with Gasteiger partial charge in [-0.3, -0.25) is 0 Å². The van der Waals surface area contributed by atoms with Crippen LogP contribution in [0.1, 0.15) is 0 Å². The van der Waals surface area contributed by atoms with Gasteiger partial charge in [0.2, 0.25) is 0 Å². The second-order valence-corrected chi connectivity index (χ2v) is 4.28. The number of alkyl halides is 1. The molecule has 0 atom stereocenters. The number of hydrogen-bond donors (Lipinski definition) is 1. The second kappa shape index (κ2) is 5.89. The molecule has 17 heavy (non-hydrogen) atoms. The van der Waals surface area contributed by atoms with E-state index < -0.39 is 0 Å². The van der Waals surface area contributed by atoms with E-state index >= 15 is 0 Å². The third-order valence-electron chi connectivity index (χ3n) is 2.32. The van der Waals surface area contributed by atoms with E-state index in [4.69, 9.17) is 23.2 Å². The van der Waals surface area contributed by atoms with Crippen molar-refractivity contribution < 1.29 is 0 Å². The highest BCUT2D eigenvalue weighted by molar-refractivity contribution is 6.29.